The van der Waals surface area contributed by atoms with E-state index in [2.05, 4.69) is 46.7 Å². The second-order valence-electron chi connectivity index (χ2n) is 6.25. The molecule has 2 N–H and O–H groups in total. The first kappa shape index (κ1) is 16.8. The largest absolute Gasteiger partial charge is 0.337 e. The van der Waals surface area contributed by atoms with E-state index >= 15 is 0 Å². The summed E-state index contributed by atoms with van der Waals surface area (Å²) in [5, 5.41) is 6.02. The van der Waals surface area contributed by atoms with Gasteiger partial charge in [0.2, 0.25) is 0 Å². The Labute approximate surface area is 134 Å². The third-order valence-electron chi connectivity index (χ3n) is 4.46. The molecule has 1 saturated heterocycles. The van der Waals surface area contributed by atoms with Crippen LogP contribution in [0.5, 0.6) is 0 Å². The number of nitrogens with one attached hydrogen (secondary N) is 2. The molecule has 4 nitrogen and oxygen atoms in total. The van der Waals surface area contributed by atoms with Crippen LogP contribution in [-0.4, -0.2) is 42.6 Å². The summed E-state index contributed by atoms with van der Waals surface area (Å²) < 4.78 is 0. The molecule has 0 spiro atoms. The average molecular weight is 303 g/mol. The van der Waals surface area contributed by atoms with Gasteiger partial charge in [0.15, 0.2) is 0 Å². The maximum absolute atomic E-state index is 11.9. The highest BCUT2D eigenvalue weighted by molar-refractivity contribution is 5.74. The Balaban J connectivity index is 1.89. The number of rotatable bonds is 7. The third kappa shape index (κ3) is 5.34. The van der Waals surface area contributed by atoms with Crippen LogP contribution in [0.15, 0.2) is 30.3 Å². The van der Waals surface area contributed by atoms with Gasteiger partial charge in [0.1, 0.15) is 0 Å². The van der Waals surface area contributed by atoms with Crippen LogP contribution in [0.2, 0.25) is 0 Å². The van der Waals surface area contributed by atoms with Gasteiger partial charge in [-0.1, -0.05) is 37.3 Å². The fourth-order valence-corrected chi connectivity index (χ4v) is 2.91. The van der Waals surface area contributed by atoms with Crippen LogP contribution >= 0.6 is 0 Å². The van der Waals surface area contributed by atoms with Gasteiger partial charge >= 0.3 is 6.03 Å². The van der Waals surface area contributed by atoms with Crippen LogP contribution < -0.4 is 10.6 Å². The lowest BCUT2D eigenvalue weighted by molar-refractivity contribution is 0.216. The molecule has 122 valence electrons. The first-order valence-corrected chi connectivity index (χ1v) is 8.51. The van der Waals surface area contributed by atoms with Crippen LogP contribution in [0, 0.1) is 0 Å². The van der Waals surface area contributed by atoms with Crippen molar-refractivity contribution < 1.29 is 4.79 Å². The highest BCUT2D eigenvalue weighted by Gasteiger charge is 2.22. The van der Waals surface area contributed by atoms with Gasteiger partial charge in [-0.3, -0.25) is 4.90 Å². The average Bonchev–Trinajstić information content (AvgIpc) is 3.06. The number of likely N-dealkylation sites (tertiary alicyclic amines) is 1. The maximum atomic E-state index is 11.9. The van der Waals surface area contributed by atoms with Crippen molar-refractivity contribution >= 4 is 6.03 Å². The van der Waals surface area contributed by atoms with E-state index in [0.717, 1.165) is 25.9 Å². The van der Waals surface area contributed by atoms with E-state index in [4.69, 9.17) is 0 Å². The SMILES string of the molecule is CCC(C)NC(=O)NCC(Cc1ccccc1)N1CCCC1. The van der Waals surface area contributed by atoms with Crippen molar-refractivity contribution in [3.63, 3.8) is 0 Å². The van der Waals surface area contributed by atoms with Crippen molar-refractivity contribution in [3.05, 3.63) is 35.9 Å². The lowest BCUT2D eigenvalue weighted by Crippen LogP contribution is -2.48. The van der Waals surface area contributed by atoms with Crippen molar-refractivity contribution in [1.82, 2.24) is 15.5 Å². The fourth-order valence-electron chi connectivity index (χ4n) is 2.91. The number of benzene rings is 1. The smallest absolute Gasteiger partial charge is 0.315 e. The molecule has 0 radical (unpaired) electrons. The third-order valence-corrected chi connectivity index (χ3v) is 4.46. The Morgan fingerprint density at radius 1 is 1.23 bits per heavy atom. The Morgan fingerprint density at radius 2 is 1.91 bits per heavy atom. The minimum absolute atomic E-state index is 0.0494. The summed E-state index contributed by atoms with van der Waals surface area (Å²) in [6.07, 6.45) is 4.48. The summed E-state index contributed by atoms with van der Waals surface area (Å²) >= 11 is 0. The van der Waals surface area contributed by atoms with E-state index in [9.17, 15) is 4.79 Å². The van der Waals surface area contributed by atoms with Crippen LogP contribution in [0.25, 0.3) is 0 Å². The number of carbonyl (C=O) groups is 1. The van der Waals surface area contributed by atoms with Crippen molar-refractivity contribution in [2.45, 2.75) is 51.6 Å². The normalized spacial score (nSPS) is 17.9. The topological polar surface area (TPSA) is 44.4 Å². The molecule has 1 aliphatic rings. The fraction of sp³-hybridized carbons (Fsp3) is 0.611. The van der Waals surface area contributed by atoms with Crippen LogP contribution in [-0.2, 0) is 6.42 Å². The zero-order valence-electron chi connectivity index (χ0n) is 13.8. The van der Waals surface area contributed by atoms with Gasteiger partial charge in [0, 0.05) is 18.6 Å². The molecule has 1 aromatic carbocycles. The quantitative estimate of drug-likeness (QED) is 0.813. The molecule has 0 aliphatic carbocycles. The molecular formula is C18H29N3O. The van der Waals surface area contributed by atoms with Crippen LogP contribution in [0.3, 0.4) is 0 Å². The first-order chi connectivity index (χ1) is 10.7. The van der Waals surface area contributed by atoms with Crippen molar-refractivity contribution in [2.75, 3.05) is 19.6 Å². The number of nitrogens with zero attached hydrogens (tertiary/aromatic N) is 1. The molecule has 1 heterocycles. The van der Waals surface area contributed by atoms with Crippen LogP contribution in [0.4, 0.5) is 4.79 Å². The zero-order chi connectivity index (χ0) is 15.8. The molecule has 1 aliphatic heterocycles. The Bertz CT molecular complexity index is 443. The van der Waals surface area contributed by atoms with Gasteiger partial charge in [0.25, 0.3) is 0 Å². The zero-order valence-corrected chi connectivity index (χ0v) is 13.8. The van der Waals surface area contributed by atoms with E-state index < -0.39 is 0 Å². The molecular weight excluding hydrogens is 274 g/mol. The lowest BCUT2D eigenvalue weighted by Gasteiger charge is -2.28. The van der Waals surface area contributed by atoms with Crippen LogP contribution in [0.1, 0.15) is 38.7 Å². The summed E-state index contributed by atoms with van der Waals surface area (Å²) in [6.45, 7) is 7.10. The molecule has 2 rings (SSSR count). The summed E-state index contributed by atoms with van der Waals surface area (Å²) in [5.74, 6) is 0. The Morgan fingerprint density at radius 3 is 2.55 bits per heavy atom. The molecule has 2 unspecified atom stereocenters. The minimum atomic E-state index is -0.0494. The van der Waals surface area contributed by atoms with E-state index in [0.29, 0.717) is 12.6 Å². The van der Waals surface area contributed by atoms with Gasteiger partial charge in [-0.05, 0) is 51.3 Å². The van der Waals surface area contributed by atoms with E-state index in [-0.39, 0.29) is 12.1 Å². The molecule has 2 amide bonds. The van der Waals surface area contributed by atoms with E-state index in [1.807, 2.05) is 13.0 Å². The van der Waals surface area contributed by atoms with Gasteiger partial charge in [-0.15, -0.1) is 0 Å². The molecule has 1 fully saturated rings. The number of urea groups is 1. The van der Waals surface area contributed by atoms with Gasteiger partial charge < -0.3 is 10.6 Å². The summed E-state index contributed by atoms with van der Waals surface area (Å²) in [6, 6.07) is 11.1. The maximum Gasteiger partial charge on any atom is 0.315 e. The summed E-state index contributed by atoms with van der Waals surface area (Å²) in [4.78, 5) is 14.5. The molecule has 4 heteroatoms. The Kier molecular flexibility index (Phi) is 6.72. The molecule has 0 bridgehead atoms. The molecule has 1 aromatic rings. The monoisotopic (exact) mass is 303 g/mol. The number of carbonyl (C=O) groups excluding carboxylic acids is 1. The molecule has 0 saturated carbocycles. The van der Waals surface area contributed by atoms with Crippen molar-refractivity contribution in [2.24, 2.45) is 0 Å². The number of hydrogen-bond acceptors (Lipinski definition) is 2. The Hall–Kier alpha value is -1.55. The highest BCUT2D eigenvalue weighted by atomic mass is 16.2. The van der Waals surface area contributed by atoms with Crippen molar-refractivity contribution in [3.8, 4) is 0 Å². The lowest BCUT2D eigenvalue weighted by atomic mass is 10.0. The minimum Gasteiger partial charge on any atom is -0.337 e. The second kappa shape index (κ2) is 8.79. The standard InChI is InChI=1S/C18H29N3O/c1-3-15(2)20-18(22)19-14-17(21-11-7-8-12-21)13-16-9-5-4-6-10-16/h4-6,9-10,15,17H,3,7-8,11-14H2,1-2H3,(H2,19,20,22). The van der Waals surface area contributed by atoms with Gasteiger partial charge in [0.05, 0.1) is 0 Å². The van der Waals surface area contributed by atoms with Gasteiger partial charge in [-0.2, -0.15) is 0 Å². The first-order valence-electron chi connectivity index (χ1n) is 8.51. The highest BCUT2D eigenvalue weighted by Crippen LogP contribution is 2.15. The predicted octanol–water partition coefficient (Wildman–Crippen LogP) is 2.79. The molecule has 2 atom stereocenters. The second-order valence-corrected chi connectivity index (χ2v) is 6.25. The summed E-state index contributed by atoms with van der Waals surface area (Å²) in [7, 11) is 0. The predicted molar refractivity (Wildman–Crippen MR) is 91.0 cm³/mol. The number of hydrogen-bond donors (Lipinski definition) is 2. The van der Waals surface area contributed by atoms with Crippen molar-refractivity contribution in [1.29, 1.82) is 0 Å². The number of amides is 2. The molecule has 0 aromatic heterocycles. The van der Waals surface area contributed by atoms with E-state index in [1.165, 1.54) is 18.4 Å². The van der Waals surface area contributed by atoms with E-state index in [1.54, 1.807) is 0 Å². The molecule has 22 heavy (non-hydrogen) atoms. The van der Waals surface area contributed by atoms with Gasteiger partial charge in [-0.25, -0.2) is 4.79 Å². The summed E-state index contributed by atoms with van der Waals surface area (Å²) in [5.41, 5.74) is 1.34.